The molecule has 1 amide bonds. The molecule has 2 aromatic rings. The molecule has 1 heterocycles. The van der Waals surface area contributed by atoms with Gasteiger partial charge in [-0.05, 0) is 24.1 Å². The summed E-state index contributed by atoms with van der Waals surface area (Å²) in [6.45, 7) is 2.62. The predicted molar refractivity (Wildman–Crippen MR) is 86.8 cm³/mol. The predicted octanol–water partition coefficient (Wildman–Crippen LogP) is 4.44. The van der Waals surface area contributed by atoms with E-state index in [9.17, 15) is 4.79 Å². The van der Waals surface area contributed by atoms with Crippen molar-refractivity contribution in [2.75, 3.05) is 12.3 Å². The van der Waals surface area contributed by atoms with E-state index in [4.69, 9.17) is 28.9 Å². The Balaban J connectivity index is 2.42. The van der Waals surface area contributed by atoms with Crippen LogP contribution in [-0.4, -0.2) is 12.5 Å². The van der Waals surface area contributed by atoms with E-state index in [0.717, 1.165) is 17.5 Å². The molecule has 0 saturated heterocycles. The summed E-state index contributed by atoms with van der Waals surface area (Å²) in [6.07, 6.45) is 0.873. The van der Waals surface area contributed by atoms with Gasteiger partial charge in [0.1, 0.15) is 0 Å². The van der Waals surface area contributed by atoms with Crippen LogP contribution in [0.2, 0.25) is 10.0 Å². The second-order valence-corrected chi connectivity index (χ2v) is 6.00. The molecule has 0 aliphatic carbocycles. The van der Waals surface area contributed by atoms with E-state index in [1.165, 1.54) is 11.3 Å². The molecule has 3 nitrogen and oxygen atoms in total. The highest BCUT2D eigenvalue weighted by Gasteiger charge is 2.18. The Bertz CT molecular complexity index is 640. The first kappa shape index (κ1) is 15.2. The molecular weight excluding hydrogens is 315 g/mol. The molecule has 20 heavy (non-hydrogen) atoms. The van der Waals surface area contributed by atoms with E-state index in [1.54, 1.807) is 12.1 Å². The third kappa shape index (κ3) is 3.08. The van der Waals surface area contributed by atoms with Gasteiger partial charge in [-0.2, -0.15) is 0 Å². The molecule has 0 unspecified atom stereocenters. The van der Waals surface area contributed by atoms with Crippen LogP contribution in [0.5, 0.6) is 0 Å². The summed E-state index contributed by atoms with van der Waals surface area (Å²) in [5.74, 6) is -0.160. The quantitative estimate of drug-likeness (QED) is 0.871. The molecule has 0 saturated carbocycles. The number of benzene rings is 1. The molecule has 1 aromatic heterocycles. The molecule has 1 aromatic carbocycles. The normalized spacial score (nSPS) is 10.6. The number of amides is 1. The minimum Gasteiger partial charge on any atom is -0.390 e. The van der Waals surface area contributed by atoms with Gasteiger partial charge in [0.25, 0.3) is 5.91 Å². The number of nitrogen functional groups attached to an aromatic ring is 1. The fraction of sp³-hybridized carbons (Fsp3) is 0.214. The number of thiophene rings is 1. The van der Waals surface area contributed by atoms with E-state index in [-0.39, 0.29) is 5.91 Å². The van der Waals surface area contributed by atoms with Gasteiger partial charge in [-0.25, -0.2) is 0 Å². The molecule has 0 fully saturated rings. The second kappa shape index (κ2) is 6.48. The first-order valence-electron chi connectivity index (χ1n) is 6.15. The fourth-order valence-electron chi connectivity index (χ4n) is 1.81. The molecule has 3 N–H and O–H groups in total. The molecule has 0 spiro atoms. The zero-order valence-electron chi connectivity index (χ0n) is 10.9. The van der Waals surface area contributed by atoms with E-state index in [2.05, 4.69) is 5.32 Å². The molecule has 106 valence electrons. The second-order valence-electron chi connectivity index (χ2n) is 4.27. The van der Waals surface area contributed by atoms with Crippen LogP contribution in [0.1, 0.15) is 23.7 Å². The molecule has 0 radical (unpaired) electrons. The van der Waals surface area contributed by atoms with Crippen molar-refractivity contribution >= 4 is 45.4 Å². The van der Waals surface area contributed by atoms with Gasteiger partial charge in [-0.1, -0.05) is 36.2 Å². The van der Waals surface area contributed by atoms with Crippen molar-refractivity contribution in [3.8, 4) is 11.1 Å². The highest BCUT2D eigenvalue weighted by atomic mass is 35.5. The van der Waals surface area contributed by atoms with Gasteiger partial charge < -0.3 is 11.1 Å². The van der Waals surface area contributed by atoms with Crippen LogP contribution in [-0.2, 0) is 0 Å². The largest absolute Gasteiger partial charge is 0.390 e. The lowest BCUT2D eigenvalue weighted by Gasteiger charge is -2.07. The van der Waals surface area contributed by atoms with Crippen molar-refractivity contribution in [1.29, 1.82) is 0 Å². The number of hydrogen-bond donors (Lipinski definition) is 2. The smallest absolute Gasteiger partial charge is 0.254 e. The lowest BCUT2D eigenvalue weighted by molar-refractivity contribution is 0.0955. The molecular formula is C14H14Cl2N2OS. The number of nitrogens with one attached hydrogen (secondary N) is 1. The maximum atomic E-state index is 12.2. The molecule has 0 atom stereocenters. The molecule has 0 aliphatic heterocycles. The first-order chi connectivity index (χ1) is 9.54. The number of carbonyl (C=O) groups is 1. The summed E-state index contributed by atoms with van der Waals surface area (Å²) in [7, 11) is 0. The van der Waals surface area contributed by atoms with Crippen LogP contribution >= 0.6 is 34.5 Å². The van der Waals surface area contributed by atoms with Crippen molar-refractivity contribution in [2.45, 2.75) is 13.3 Å². The van der Waals surface area contributed by atoms with Crippen molar-refractivity contribution in [2.24, 2.45) is 0 Å². The molecule has 0 bridgehead atoms. The Morgan fingerprint density at radius 3 is 2.75 bits per heavy atom. The fourth-order valence-corrected chi connectivity index (χ4v) is 2.93. The number of anilines is 1. The minimum atomic E-state index is -0.160. The minimum absolute atomic E-state index is 0.160. The van der Waals surface area contributed by atoms with Crippen LogP contribution in [0, 0.1) is 0 Å². The van der Waals surface area contributed by atoms with Gasteiger partial charge in [0.15, 0.2) is 0 Å². The van der Waals surface area contributed by atoms with Gasteiger partial charge in [0.05, 0.1) is 20.6 Å². The van der Waals surface area contributed by atoms with Gasteiger partial charge >= 0.3 is 0 Å². The standard InChI is InChI=1S/C14H14Cl2N2OS/c1-2-5-18-14(19)12-9(7-20-13(12)17)8-3-4-10(15)11(16)6-8/h3-4,6-7H,2,5,17H2,1H3,(H,18,19). The monoisotopic (exact) mass is 328 g/mol. The van der Waals surface area contributed by atoms with E-state index >= 15 is 0 Å². The average molecular weight is 329 g/mol. The number of rotatable bonds is 4. The zero-order valence-corrected chi connectivity index (χ0v) is 13.2. The maximum absolute atomic E-state index is 12.2. The molecule has 2 rings (SSSR count). The van der Waals surface area contributed by atoms with Gasteiger partial charge in [0, 0.05) is 17.5 Å². The number of nitrogens with two attached hydrogens (primary N) is 1. The summed E-state index contributed by atoms with van der Waals surface area (Å²) in [6, 6.07) is 5.27. The van der Waals surface area contributed by atoms with Crippen molar-refractivity contribution in [3.05, 3.63) is 39.2 Å². The summed E-state index contributed by atoms with van der Waals surface area (Å²) < 4.78 is 0. The third-order valence-corrected chi connectivity index (χ3v) is 4.36. The summed E-state index contributed by atoms with van der Waals surface area (Å²) in [5.41, 5.74) is 8.02. The number of halogens is 2. The van der Waals surface area contributed by atoms with Crippen molar-refractivity contribution < 1.29 is 4.79 Å². The highest BCUT2D eigenvalue weighted by Crippen LogP contribution is 2.36. The molecule has 0 aliphatic rings. The Hall–Kier alpha value is -1.23. The Morgan fingerprint density at radius 2 is 2.10 bits per heavy atom. The van der Waals surface area contributed by atoms with Crippen LogP contribution in [0.15, 0.2) is 23.6 Å². The highest BCUT2D eigenvalue weighted by molar-refractivity contribution is 7.15. The van der Waals surface area contributed by atoms with E-state index in [1.807, 2.05) is 18.4 Å². The lowest BCUT2D eigenvalue weighted by atomic mass is 10.0. The summed E-state index contributed by atoms with van der Waals surface area (Å²) in [4.78, 5) is 12.2. The Labute approximate surface area is 131 Å². The van der Waals surface area contributed by atoms with Crippen LogP contribution in [0.4, 0.5) is 5.00 Å². The summed E-state index contributed by atoms with van der Waals surface area (Å²) >= 11 is 13.3. The topological polar surface area (TPSA) is 55.1 Å². The maximum Gasteiger partial charge on any atom is 0.254 e. The van der Waals surface area contributed by atoms with Gasteiger partial charge in [-0.3, -0.25) is 4.79 Å². The summed E-state index contributed by atoms with van der Waals surface area (Å²) in [5, 5.41) is 6.13. The van der Waals surface area contributed by atoms with E-state index < -0.39 is 0 Å². The third-order valence-electron chi connectivity index (χ3n) is 2.81. The van der Waals surface area contributed by atoms with Gasteiger partial charge in [-0.15, -0.1) is 11.3 Å². The first-order valence-corrected chi connectivity index (χ1v) is 7.78. The van der Waals surface area contributed by atoms with Crippen molar-refractivity contribution in [3.63, 3.8) is 0 Å². The zero-order chi connectivity index (χ0) is 14.7. The van der Waals surface area contributed by atoms with E-state index in [0.29, 0.717) is 27.2 Å². The lowest BCUT2D eigenvalue weighted by Crippen LogP contribution is -2.24. The Kier molecular flexibility index (Phi) is 4.91. The van der Waals surface area contributed by atoms with Gasteiger partial charge in [0.2, 0.25) is 0 Å². The SMILES string of the molecule is CCCNC(=O)c1c(-c2ccc(Cl)c(Cl)c2)csc1N. The number of carbonyl (C=O) groups excluding carboxylic acids is 1. The average Bonchev–Trinajstić information content (AvgIpc) is 2.81. The van der Waals surface area contributed by atoms with Crippen LogP contribution in [0.25, 0.3) is 11.1 Å². The Morgan fingerprint density at radius 1 is 1.35 bits per heavy atom. The van der Waals surface area contributed by atoms with Crippen LogP contribution < -0.4 is 11.1 Å². The van der Waals surface area contributed by atoms with Crippen molar-refractivity contribution in [1.82, 2.24) is 5.32 Å². The number of hydrogen-bond acceptors (Lipinski definition) is 3. The molecule has 6 heteroatoms. The van der Waals surface area contributed by atoms with Crippen LogP contribution in [0.3, 0.4) is 0 Å².